The van der Waals surface area contributed by atoms with E-state index in [-0.39, 0.29) is 24.8 Å². The summed E-state index contributed by atoms with van der Waals surface area (Å²) in [5, 5.41) is 12.1. The number of rotatable bonds is 5. The van der Waals surface area contributed by atoms with Gasteiger partial charge in [-0.15, -0.1) is 16.6 Å². The third-order valence-corrected chi connectivity index (χ3v) is 7.67. The molecule has 2 amide bonds. The highest BCUT2D eigenvalue weighted by Gasteiger charge is 2.49. The van der Waals surface area contributed by atoms with Gasteiger partial charge in [-0.05, 0) is 36.8 Å². The molecule has 9 heteroatoms. The fraction of sp³-hybridized carbons (Fsp3) is 0.522. The third-order valence-electron chi connectivity index (χ3n) is 6.33. The highest BCUT2D eigenvalue weighted by molar-refractivity contribution is 7.13. The summed E-state index contributed by atoms with van der Waals surface area (Å²) >= 11 is 1.59. The highest BCUT2D eigenvalue weighted by atomic mass is 32.1. The van der Waals surface area contributed by atoms with Gasteiger partial charge in [0.1, 0.15) is 6.04 Å². The van der Waals surface area contributed by atoms with Gasteiger partial charge in [0.2, 0.25) is 11.8 Å². The first-order valence-electron chi connectivity index (χ1n) is 10.6. The first-order chi connectivity index (χ1) is 14.7. The van der Waals surface area contributed by atoms with Gasteiger partial charge in [-0.3, -0.25) is 9.59 Å². The smallest absolute Gasteiger partial charge is 0.243 e. The van der Waals surface area contributed by atoms with E-state index >= 15 is 0 Å². The zero-order valence-electron chi connectivity index (χ0n) is 19.2. The largest absolute Gasteiger partial charge is 0.624 e. The molecule has 1 aromatic heterocycles. The van der Waals surface area contributed by atoms with Crippen molar-refractivity contribution in [2.75, 3.05) is 6.54 Å². The van der Waals surface area contributed by atoms with Crippen molar-refractivity contribution in [2.24, 2.45) is 11.1 Å². The maximum Gasteiger partial charge on any atom is 0.243 e. The van der Waals surface area contributed by atoms with Crippen LogP contribution in [0.25, 0.3) is 10.4 Å². The number of likely N-dealkylation sites (tertiary alicyclic amines) is 1. The Kier molecular flexibility index (Phi) is 6.68. The van der Waals surface area contributed by atoms with Crippen molar-refractivity contribution in [3.63, 3.8) is 0 Å². The minimum Gasteiger partial charge on any atom is -0.624 e. The number of β-amino-alcohol motifs (C(OH)–C–C–N with tert-alkyl or cyclic N) is 1. The Balaban J connectivity index is 1.70. The van der Waals surface area contributed by atoms with E-state index in [4.69, 9.17) is 5.73 Å². The van der Waals surface area contributed by atoms with Crippen LogP contribution in [-0.2, 0) is 16.1 Å². The van der Waals surface area contributed by atoms with Crippen LogP contribution in [0.4, 0.5) is 0 Å². The van der Waals surface area contributed by atoms with E-state index in [9.17, 15) is 14.7 Å². The maximum atomic E-state index is 13.3. The normalized spacial score (nSPS) is 23.1. The minimum absolute atomic E-state index is 0.00736. The summed E-state index contributed by atoms with van der Waals surface area (Å²) in [5.74, 6) is -0.678. The highest BCUT2D eigenvalue weighted by Crippen LogP contribution is 2.34. The van der Waals surface area contributed by atoms with E-state index in [1.165, 1.54) is 4.90 Å². The first kappa shape index (κ1) is 24.6. The number of thiazole rings is 1. The number of hydrogen-bond donors (Lipinski definition) is 3. The molecule has 1 fully saturated rings. The van der Waals surface area contributed by atoms with Crippen LogP contribution >= 0.6 is 11.3 Å². The van der Waals surface area contributed by atoms with Gasteiger partial charge < -0.3 is 31.3 Å². The molecule has 2 aromatic rings. The molecule has 7 nitrogen and oxygen atoms in total. The summed E-state index contributed by atoms with van der Waals surface area (Å²) in [6, 6.07) is 7.13. The van der Waals surface area contributed by atoms with E-state index in [1.807, 2.05) is 57.5 Å². The van der Waals surface area contributed by atoms with Crippen molar-refractivity contribution >= 4 is 33.4 Å². The molecule has 0 aliphatic carbocycles. The second kappa shape index (κ2) is 8.70. The number of nitrogens with zero attached hydrogens (tertiary/aromatic N) is 2. The lowest BCUT2D eigenvalue weighted by Crippen LogP contribution is -2.63. The summed E-state index contributed by atoms with van der Waals surface area (Å²) in [4.78, 5) is 33.1. The number of aryl methyl sites for hydroxylation is 1. The molecule has 0 saturated carbocycles. The van der Waals surface area contributed by atoms with Crippen molar-refractivity contribution in [1.29, 1.82) is 0 Å². The summed E-state index contributed by atoms with van der Waals surface area (Å²) in [5.41, 5.74) is 9.50. The van der Waals surface area contributed by atoms with Gasteiger partial charge in [-0.2, -0.15) is 0 Å². The Labute approximate surface area is 196 Å². The molecule has 4 N–H and O–H groups in total. The number of carbonyl (C=O) groups excluding carboxylic acids is 2. The van der Waals surface area contributed by atoms with Crippen LogP contribution in [0.5, 0.6) is 0 Å². The lowest BCUT2D eigenvalue weighted by molar-refractivity contribution is -0.145. The van der Waals surface area contributed by atoms with Crippen LogP contribution in [-0.4, -0.2) is 60.4 Å². The summed E-state index contributed by atoms with van der Waals surface area (Å²) in [6.07, 6.45) is 0.0886. The molecule has 3 atom stereocenters. The van der Waals surface area contributed by atoms with Gasteiger partial charge in [0, 0.05) is 13.1 Å². The van der Waals surface area contributed by atoms with Crippen LogP contribution in [0.3, 0.4) is 0 Å². The van der Waals surface area contributed by atoms with E-state index in [2.05, 4.69) is 20.5 Å². The second-order valence-corrected chi connectivity index (χ2v) is 11.6. The molecule has 2 radical (unpaired) electrons. The minimum atomic E-state index is -1.33. The molecular formula is C23H31N4O3SSi-. The molecule has 0 bridgehead atoms. The number of hydrogen-bond acceptors (Lipinski definition) is 6. The summed E-state index contributed by atoms with van der Waals surface area (Å²) in [6.45, 7) is 9.60. The standard InChI is InChI=1S/C23H31N4O3SSi/c1-14-18(31-13-26-14)16-8-6-15(7-9-16)11-25-19(28)17-10-23(30,32)12-27(17)20(29)22(5,24)21(2,3)4/h6-9,13,17,30H,10-12,24H2,1-5H3,(H,25,28)/q-1/t17-,22-,23-/m1/s1. The lowest BCUT2D eigenvalue weighted by Gasteiger charge is -2.41. The fourth-order valence-corrected chi connectivity index (χ4v) is 4.79. The van der Waals surface area contributed by atoms with Gasteiger partial charge in [-0.1, -0.05) is 45.0 Å². The molecular weight excluding hydrogens is 440 g/mol. The van der Waals surface area contributed by atoms with Crippen molar-refractivity contribution in [1.82, 2.24) is 15.2 Å². The van der Waals surface area contributed by atoms with Gasteiger partial charge in [0.05, 0.1) is 21.6 Å². The molecule has 1 saturated heterocycles. The first-order valence-corrected chi connectivity index (χ1v) is 12.0. The van der Waals surface area contributed by atoms with Crippen molar-refractivity contribution in [2.45, 2.75) is 64.4 Å². The van der Waals surface area contributed by atoms with E-state index < -0.39 is 22.2 Å². The van der Waals surface area contributed by atoms with Crippen LogP contribution in [0, 0.1) is 12.3 Å². The van der Waals surface area contributed by atoms with Crippen molar-refractivity contribution in [3.05, 3.63) is 41.0 Å². The Hall–Kier alpha value is -2.07. The number of nitrogens with one attached hydrogen (secondary N) is 1. The zero-order valence-corrected chi connectivity index (χ0v) is 21.0. The van der Waals surface area contributed by atoms with Crippen molar-refractivity contribution in [3.8, 4) is 10.4 Å². The number of nitrogens with two attached hydrogens (primary N) is 1. The third kappa shape index (κ3) is 4.95. The molecule has 3 rings (SSSR count). The molecule has 172 valence electrons. The molecule has 32 heavy (non-hydrogen) atoms. The van der Waals surface area contributed by atoms with Crippen LogP contribution < -0.4 is 11.1 Å². The fourth-order valence-electron chi connectivity index (χ4n) is 3.61. The quantitative estimate of drug-likeness (QED) is 0.578. The van der Waals surface area contributed by atoms with Crippen molar-refractivity contribution < 1.29 is 14.7 Å². The van der Waals surface area contributed by atoms with Gasteiger partial charge in [0.25, 0.3) is 0 Å². The number of amides is 2. The molecule has 1 aliphatic heterocycles. The molecule has 2 heterocycles. The van der Waals surface area contributed by atoms with Gasteiger partial charge in [-0.25, -0.2) is 4.98 Å². The molecule has 1 aliphatic rings. The number of benzene rings is 1. The molecule has 1 aromatic carbocycles. The monoisotopic (exact) mass is 471 g/mol. The van der Waals surface area contributed by atoms with Gasteiger partial charge >= 0.3 is 0 Å². The zero-order chi connectivity index (χ0) is 23.9. The number of carbonyl (C=O) groups is 2. The average molecular weight is 472 g/mol. The Bertz CT molecular complexity index is 995. The predicted molar refractivity (Wildman–Crippen MR) is 127 cm³/mol. The Morgan fingerprint density at radius 1 is 1.31 bits per heavy atom. The SMILES string of the molecule is Cc1ncsc1-c1ccc(CNC(=O)[C@H]2C[C@@](O)([Si-])CN2C(=O)[C@@](C)(N)C(C)(C)C)cc1. The Morgan fingerprint density at radius 3 is 2.47 bits per heavy atom. The van der Waals surface area contributed by atoms with Crippen LogP contribution in [0.2, 0.25) is 0 Å². The number of aromatic nitrogens is 1. The lowest BCUT2D eigenvalue weighted by atomic mass is 9.74. The molecule has 0 unspecified atom stereocenters. The predicted octanol–water partition coefficient (Wildman–Crippen LogP) is 1.96. The summed E-state index contributed by atoms with van der Waals surface area (Å²) in [7, 11) is 3.30. The maximum absolute atomic E-state index is 13.3. The van der Waals surface area contributed by atoms with E-state index in [0.717, 1.165) is 21.7 Å². The van der Waals surface area contributed by atoms with Crippen LogP contribution in [0.1, 0.15) is 45.4 Å². The van der Waals surface area contributed by atoms with E-state index in [0.29, 0.717) is 6.54 Å². The topological polar surface area (TPSA) is 109 Å². The Morgan fingerprint density at radius 2 is 1.94 bits per heavy atom. The summed E-state index contributed by atoms with van der Waals surface area (Å²) < 4.78 is 0. The van der Waals surface area contributed by atoms with Gasteiger partial charge in [0.15, 0.2) is 0 Å². The van der Waals surface area contributed by atoms with Crippen LogP contribution in [0.15, 0.2) is 29.8 Å². The van der Waals surface area contributed by atoms with E-state index in [1.54, 1.807) is 18.3 Å². The second-order valence-electron chi connectivity index (χ2n) is 9.82. The number of aliphatic hydroxyl groups is 1. The molecule has 0 spiro atoms. The average Bonchev–Trinajstić information content (AvgIpc) is 3.27.